The zero-order valence-corrected chi connectivity index (χ0v) is 12.5. The summed E-state index contributed by atoms with van der Waals surface area (Å²) in [5.74, 6) is 0.0564. The largest absolute Gasteiger partial charge is 0.398 e. The molecule has 0 radical (unpaired) electrons. The molecule has 0 aromatic carbocycles. The number of rotatable bonds is 4. The van der Waals surface area contributed by atoms with E-state index >= 15 is 0 Å². The fourth-order valence-electron chi connectivity index (χ4n) is 1.67. The van der Waals surface area contributed by atoms with Crippen LogP contribution in [0.3, 0.4) is 0 Å². The molecule has 0 fully saturated rings. The van der Waals surface area contributed by atoms with Crippen LogP contribution in [0.15, 0.2) is 6.20 Å². The lowest BCUT2D eigenvalue weighted by atomic mass is 10.1. The van der Waals surface area contributed by atoms with Gasteiger partial charge in [0.1, 0.15) is 0 Å². The van der Waals surface area contributed by atoms with Crippen LogP contribution in [0, 0.1) is 19.8 Å². The summed E-state index contributed by atoms with van der Waals surface area (Å²) in [6, 6.07) is 0. The van der Waals surface area contributed by atoms with Crippen LogP contribution in [0.25, 0.3) is 0 Å². The van der Waals surface area contributed by atoms with Crippen LogP contribution in [0.5, 0.6) is 0 Å². The van der Waals surface area contributed by atoms with Gasteiger partial charge >= 0.3 is 0 Å². The van der Waals surface area contributed by atoms with Gasteiger partial charge in [-0.2, -0.15) is 0 Å². The van der Waals surface area contributed by atoms with Crippen molar-refractivity contribution in [3.63, 3.8) is 0 Å². The van der Waals surface area contributed by atoms with Crippen LogP contribution in [-0.2, 0) is 15.6 Å². The minimum atomic E-state index is -3.18. The van der Waals surface area contributed by atoms with Gasteiger partial charge in [0.15, 0.2) is 9.84 Å². The second-order valence-corrected chi connectivity index (χ2v) is 7.54. The van der Waals surface area contributed by atoms with Gasteiger partial charge in [-0.05, 0) is 37.8 Å². The lowest BCUT2D eigenvalue weighted by molar-refractivity contribution is 0.544. The van der Waals surface area contributed by atoms with Gasteiger partial charge in [0.25, 0.3) is 0 Å². The maximum atomic E-state index is 12.2. The van der Waals surface area contributed by atoms with Gasteiger partial charge in [0, 0.05) is 11.9 Å². The zero-order chi connectivity index (χ0) is 14.1. The van der Waals surface area contributed by atoms with Gasteiger partial charge in [-0.15, -0.1) is 0 Å². The van der Waals surface area contributed by atoms with Crippen molar-refractivity contribution >= 4 is 15.5 Å². The van der Waals surface area contributed by atoms with E-state index in [-0.39, 0.29) is 16.9 Å². The molecule has 0 aliphatic carbocycles. The SMILES string of the molecule is Cc1cnc(CS(=O)(=O)C(C)C(C)C)c(C)c1N. The van der Waals surface area contributed by atoms with E-state index in [0.717, 1.165) is 11.1 Å². The number of nitrogens with zero attached hydrogens (tertiary/aromatic N) is 1. The monoisotopic (exact) mass is 270 g/mol. The lowest BCUT2D eigenvalue weighted by Gasteiger charge is -2.17. The molecule has 1 atom stereocenters. The highest BCUT2D eigenvalue weighted by molar-refractivity contribution is 7.91. The molecule has 1 heterocycles. The molecular weight excluding hydrogens is 248 g/mol. The molecule has 1 aromatic heterocycles. The average Bonchev–Trinajstić information content (AvgIpc) is 2.28. The molecule has 0 aliphatic rings. The van der Waals surface area contributed by atoms with Crippen LogP contribution in [0.2, 0.25) is 0 Å². The fourth-order valence-corrected chi connectivity index (χ4v) is 3.44. The molecular formula is C13H22N2O2S. The smallest absolute Gasteiger partial charge is 0.158 e. The molecule has 0 saturated carbocycles. The number of hydrogen-bond acceptors (Lipinski definition) is 4. The average molecular weight is 270 g/mol. The summed E-state index contributed by atoms with van der Waals surface area (Å²) in [6.45, 7) is 9.25. The maximum absolute atomic E-state index is 12.2. The van der Waals surface area contributed by atoms with Crippen molar-refractivity contribution in [3.05, 3.63) is 23.0 Å². The highest BCUT2D eigenvalue weighted by atomic mass is 32.2. The molecule has 0 saturated heterocycles. The van der Waals surface area contributed by atoms with E-state index in [1.165, 1.54) is 0 Å². The van der Waals surface area contributed by atoms with Crippen molar-refractivity contribution in [2.24, 2.45) is 5.92 Å². The number of hydrogen-bond donors (Lipinski definition) is 1. The highest BCUT2D eigenvalue weighted by Gasteiger charge is 2.25. The van der Waals surface area contributed by atoms with E-state index < -0.39 is 9.84 Å². The molecule has 1 aromatic rings. The zero-order valence-electron chi connectivity index (χ0n) is 11.7. The molecule has 102 valence electrons. The van der Waals surface area contributed by atoms with Crippen molar-refractivity contribution in [1.82, 2.24) is 4.98 Å². The van der Waals surface area contributed by atoms with Crippen molar-refractivity contribution in [2.75, 3.05) is 5.73 Å². The van der Waals surface area contributed by atoms with Crippen molar-refractivity contribution in [1.29, 1.82) is 0 Å². The third-order valence-corrected chi connectivity index (χ3v) is 5.87. The van der Waals surface area contributed by atoms with E-state index in [0.29, 0.717) is 11.4 Å². The molecule has 1 unspecified atom stereocenters. The number of nitrogens with two attached hydrogens (primary N) is 1. The maximum Gasteiger partial charge on any atom is 0.158 e. The summed E-state index contributed by atoms with van der Waals surface area (Å²) in [4.78, 5) is 4.21. The van der Waals surface area contributed by atoms with E-state index in [1.807, 2.05) is 27.7 Å². The molecule has 1 rings (SSSR count). The van der Waals surface area contributed by atoms with Crippen LogP contribution >= 0.6 is 0 Å². The Labute approximate surface area is 110 Å². The minimum absolute atomic E-state index is 0.0390. The molecule has 2 N–H and O–H groups in total. The Kier molecular flexibility index (Phi) is 4.37. The Bertz CT molecular complexity index is 536. The molecule has 4 nitrogen and oxygen atoms in total. The predicted octanol–water partition coefficient (Wildman–Crippen LogP) is 2.24. The van der Waals surface area contributed by atoms with Gasteiger partial charge in [-0.25, -0.2) is 8.42 Å². The summed E-state index contributed by atoms with van der Waals surface area (Å²) in [5.41, 5.74) is 8.75. The van der Waals surface area contributed by atoms with E-state index in [4.69, 9.17) is 5.73 Å². The fraction of sp³-hybridized carbons (Fsp3) is 0.615. The summed E-state index contributed by atoms with van der Waals surface area (Å²) in [6.07, 6.45) is 1.63. The Hall–Kier alpha value is -1.10. The number of sulfone groups is 1. The topological polar surface area (TPSA) is 73.0 Å². The van der Waals surface area contributed by atoms with Gasteiger partial charge < -0.3 is 5.73 Å². The first-order valence-corrected chi connectivity index (χ1v) is 7.80. The van der Waals surface area contributed by atoms with E-state index in [1.54, 1.807) is 13.1 Å². The minimum Gasteiger partial charge on any atom is -0.398 e. The number of aromatic nitrogens is 1. The van der Waals surface area contributed by atoms with Crippen LogP contribution in [-0.4, -0.2) is 18.7 Å². The number of anilines is 1. The third-order valence-electron chi connectivity index (χ3n) is 3.52. The van der Waals surface area contributed by atoms with Crippen LogP contribution < -0.4 is 5.73 Å². The number of aryl methyl sites for hydroxylation is 1. The molecule has 5 heteroatoms. The van der Waals surface area contributed by atoms with Crippen molar-refractivity contribution in [2.45, 2.75) is 45.6 Å². The molecule has 18 heavy (non-hydrogen) atoms. The number of nitrogen functional groups attached to an aromatic ring is 1. The Morgan fingerprint density at radius 3 is 2.33 bits per heavy atom. The summed E-state index contributed by atoms with van der Waals surface area (Å²) in [5, 5.41) is -0.374. The van der Waals surface area contributed by atoms with Crippen molar-refractivity contribution < 1.29 is 8.42 Å². The second-order valence-electron chi connectivity index (χ2n) is 5.18. The Morgan fingerprint density at radius 2 is 1.83 bits per heavy atom. The Balaban J connectivity index is 3.10. The lowest BCUT2D eigenvalue weighted by Crippen LogP contribution is -2.25. The van der Waals surface area contributed by atoms with Crippen LogP contribution in [0.4, 0.5) is 5.69 Å². The number of pyridine rings is 1. The van der Waals surface area contributed by atoms with Gasteiger partial charge in [-0.3, -0.25) is 4.98 Å². The van der Waals surface area contributed by atoms with Crippen LogP contribution in [0.1, 0.15) is 37.6 Å². The first-order chi connectivity index (χ1) is 8.16. The molecule has 0 spiro atoms. The summed E-state index contributed by atoms with van der Waals surface area (Å²) < 4.78 is 24.4. The summed E-state index contributed by atoms with van der Waals surface area (Å²) in [7, 11) is -3.18. The standard InChI is InChI=1S/C13H22N2O2S/c1-8(2)11(5)18(16,17)7-12-10(4)13(14)9(3)6-15-12/h6,8,11H,7H2,1-5H3,(H2,14,15). The van der Waals surface area contributed by atoms with E-state index in [2.05, 4.69) is 4.98 Å². The van der Waals surface area contributed by atoms with Gasteiger partial charge in [0.05, 0.1) is 16.7 Å². The highest BCUT2D eigenvalue weighted by Crippen LogP contribution is 2.22. The Morgan fingerprint density at radius 1 is 1.28 bits per heavy atom. The normalized spacial score (nSPS) is 13.9. The van der Waals surface area contributed by atoms with E-state index in [9.17, 15) is 8.42 Å². The van der Waals surface area contributed by atoms with Gasteiger partial charge in [0.2, 0.25) is 0 Å². The summed E-state index contributed by atoms with van der Waals surface area (Å²) >= 11 is 0. The predicted molar refractivity (Wildman–Crippen MR) is 75.0 cm³/mol. The second kappa shape index (κ2) is 5.26. The quantitative estimate of drug-likeness (QED) is 0.910. The molecule has 0 bridgehead atoms. The molecule has 0 aliphatic heterocycles. The molecule has 0 amide bonds. The third kappa shape index (κ3) is 3.02. The van der Waals surface area contributed by atoms with Crippen molar-refractivity contribution in [3.8, 4) is 0 Å². The van der Waals surface area contributed by atoms with Gasteiger partial charge in [-0.1, -0.05) is 13.8 Å². The first-order valence-electron chi connectivity index (χ1n) is 6.09. The first kappa shape index (κ1) is 15.0.